The molecule has 0 saturated carbocycles. The molecular formula is C20H35NO15. The first kappa shape index (κ1) is 29.5. The zero-order valence-corrected chi connectivity index (χ0v) is 19.5. The molecule has 3 aliphatic rings. The second-order valence-electron chi connectivity index (χ2n) is 9.05. The van der Waals surface area contributed by atoms with Gasteiger partial charge in [-0.05, 0) is 6.92 Å². The van der Waals surface area contributed by atoms with E-state index >= 15 is 0 Å². The molecule has 0 aromatic carbocycles. The van der Waals surface area contributed by atoms with Gasteiger partial charge in [-0.25, -0.2) is 0 Å². The van der Waals surface area contributed by atoms with E-state index in [2.05, 4.69) is 5.32 Å². The van der Waals surface area contributed by atoms with Crippen molar-refractivity contribution in [1.82, 2.24) is 5.32 Å². The van der Waals surface area contributed by atoms with Crippen LogP contribution in [0.15, 0.2) is 0 Å². The van der Waals surface area contributed by atoms with Crippen molar-refractivity contribution in [2.24, 2.45) is 0 Å². The largest absolute Gasteiger partial charge is 0.394 e. The zero-order valence-electron chi connectivity index (χ0n) is 19.5. The van der Waals surface area contributed by atoms with E-state index in [1.54, 1.807) is 0 Å². The fourth-order valence-electron chi connectivity index (χ4n) is 4.38. The molecule has 15 atom stereocenters. The number of rotatable bonds is 7. The van der Waals surface area contributed by atoms with E-state index < -0.39 is 111 Å². The van der Waals surface area contributed by atoms with Gasteiger partial charge in [0.25, 0.3) is 0 Å². The monoisotopic (exact) mass is 529 g/mol. The fraction of sp³-hybridized carbons (Fsp3) is 0.950. The maximum Gasteiger partial charge on any atom is 0.217 e. The normalized spacial score (nSPS) is 50.0. The summed E-state index contributed by atoms with van der Waals surface area (Å²) in [5, 5.41) is 93.9. The number of hydrogen-bond donors (Lipinski definition) is 10. The van der Waals surface area contributed by atoms with Gasteiger partial charge >= 0.3 is 0 Å². The first-order valence-corrected chi connectivity index (χ1v) is 11.4. The molecule has 10 N–H and O–H groups in total. The van der Waals surface area contributed by atoms with Crippen molar-refractivity contribution in [3.8, 4) is 0 Å². The van der Waals surface area contributed by atoms with Crippen LogP contribution in [0.1, 0.15) is 13.8 Å². The molecule has 0 aromatic heterocycles. The van der Waals surface area contributed by atoms with Crippen LogP contribution >= 0.6 is 0 Å². The molecule has 0 radical (unpaired) electrons. The summed E-state index contributed by atoms with van der Waals surface area (Å²) in [5.41, 5.74) is 0. The Morgan fingerprint density at radius 3 is 1.81 bits per heavy atom. The molecular weight excluding hydrogens is 494 g/mol. The minimum Gasteiger partial charge on any atom is -0.394 e. The third-order valence-corrected chi connectivity index (χ3v) is 6.46. The first-order chi connectivity index (χ1) is 16.9. The first-order valence-electron chi connectivity index (χ1n) is 11.4. The van der Waals surface area contributed by atoms with Crippen LogP contribution in [0.2, 0.25) is 0 Å². The highest BCUT2D eigenvalue weighted by Crippen LogP contribution is 2.32. The standard InChI is InChI=1S/C20H35NO15/c1-5-10(25)16(15(30)18(31)32-5)35-20-17(14(29)12(27)8(4-23)34-20)36-19-9(21-6(2)24)13(28)11(26)7(3-22)33-19/h5,7-20,22-23,25-31H,3-4H2,1-2H3,(H,21,24)/t5-,7+,8+,9+,10-,11+,12+,13+,14-,15+,16+,17+,18?,19-,20+/m0/s1. The average molecular weight is 529 g/mol. The van der Waals surface area contributed by atoms with Crippen molar-refractivity contribution in [2.75, 3.05) is 13.2 Å². The Kier molecular flexibility index (Phi) is 9.97. The van der Waals surface area contributed by atoms with E-state index in [1.807, 2.05) is 0 Å². The summed E-state index contributed by atoms with van der Waals surface area (Å²) in [4.78, 5) is 11.7. The molecule has 3 aliphatic heterocycles. The van der Waals surface area contributed by atoms with Gasteiger partial charge in [0.05, 0.1) is 19.3 Å². The highest BCUT2D eigenvalue weighted by atomic mass is 16.8. The van der Waals surface area contributed by atoms with Crippen LogP contribution < -0.4 is 5.32 Å². The van der Waals surface area contributed by atoms with Crippen molar-refractivity contribution in [1.29, 1.82) is 0 Å². The van der Waals surface area contributed by atoms with Gasteiger partial charge in [-0.2, -0.15) is 0 Å². The van der Waals surface area contributed by atoms with E-state index in [0.717, 1.165) is 6.92 Å². The van der Waals surface area contributed by atoms with Crippen molar-refractivity contribution in [3.05, 3.63) is 0 Å². The topological polar surface area (TPSA) is 257 Å². The Bertz CT molecular complexity index is 717. The lowest BCUT2D eigenvalue weighted by molar-refractivity contribution is -0.379. The number of aliphatic hydroxyl groups excluding tert-OH is 9. The summed E-state index contributed by atoms with van der Waals surface area (Å²) in [6.07, 6.45) is -22.2. The Balaban J connectivity index is 1.89. The lowest BCUT2D eigenvalue weighted by atomic mass is 9.95. The molecule has 0 spiro atoms. The zero-order chi connectivity index (χ0) is 26.9. The van der Waals surface area contributed by atoms with Crippen LogP contribution in [-0.4, -0.2) is 157 Å². The minimum absolute atomic E-state index is 0.643. The molecule has 1 amide bonds. The summed E-state index contributed by atoms with van der Waals surface area (Å²) >= 11 is 0. The summed E-state index contributed by atoms with van der Waals surface area (Å²) < 4.78 is 27.4. The SMILES string of the molecule is CC(=O)N[C@H]1[C@H](O[C@H]2[C@@H](O[C@@H]3[C@@H](O)[C@H](C)OC(O)[C@@H]3O)O[C@H](CO)[C@@H](O)[C@@H]2O)O[C@H](CO)[C@@H](O)[C@@H]1O. The summed E-state index contributed by atoms with van der Waals surface area (Å²) in [5.74, 6) is -0.643. The third-order valence-electron chi connectivity index (χ3n) is 6.46. The Morgan fingerprint density at radius 2 is 1.25 bits per heavy atom. The van der Waals surface area contributed by atoms with Gasteiger partial charge in [0, 0.05) is 6.92 Å². The summed E-state index contributed by atoms with van der Waals surface area (Å²) in [6.45, 7) is 1.000. The molecule has 3 rings (SSSR count). The van der Waals surface area contributed by atoms with Crippen LogP contribution in [-0.2, 0) is 28.5 Å². The lowest BCUT2D eigenvalue weighted by Crippen LogP contribution is -2.68. The smallest absolute Gasteiger partial charge is 0.217 e. The molecule has 0 aliphatic carbocycles. The highest BCUT2D eigenvalue weighted by molar-refractivity contribution is 5.73. The van der Waals surface area contributed by atoms with E-state index in [1.165, 1.54) is 6.92 Å². The van der Waals surface area contributed by atoms with Gasteiger partial charge in [-0.3, -0.25) is 4.79 Å². The third kappa shape index (κ3) is 5.97. The van der Waals surface area contributed by atoms with E-state index in [4.69, 9.17) is 23.7 Å². The van der Waals surface area contributed by atoms with Crippen molar-refractivity contribution >= 4 is 5.91 Å². The molecule has 210 valence electrons. The molecule has 0 aromatic rings. The number of ether oxygens (including phenoxy) is 5. The second-order valence-corrected chi connectivity index (χ2v) is 9.05. The quantitative estimate of drug-likeness (QED) is 0.147. The minimum atomic E-state index is -1.84. The van der Waals surface area contributed by atoms with E-state index in [-0.39, 0.29) is 0 Å². The summed E-state index contributed by atoms with van der Waals surface area (Å²) in [7, 11) is 0. The average Bonchev–Trinajstić information content (AvgIpc) is 2.83. The molecule has 1 unspecified atom stereocenters. The Morgan fingerprint density at radius 1 is 0.722 bits per heavy atom. The van der Waals surface area contributed by atoms with Crippen LogP contribution in [0, 0.1) is 0 Å². The maximum atomic E-state index is 11.7. The van der Waals surface area contributed by atoms with Gasteiger partial charge in [-0.15, -0.1) is 0 Å². The molecule has 0 bridgehead atoms. The molecule has 3 heterocycles. The maximum absolute atomic E-state index is 11.7. The lowest BCUT2D eigenvalue weighted by Gasteiger charge is -2.48. The van der Waals surface area contributed by atoms with Crippen LogP contribution in [0.3, 0.4) is 0 Å². The van der Waals surface area contributed by atoms with Crippen LogP contribution in [0.5, 0.6) is 0 Å². The number of carbonyl (C=O) groups excluding carboxylic acids is 1. The molecule has 16 nitrogen and oxygen atoms in total. The van der Waals surface area contributed by atoms with Gasteiger partial charge in [0.15, 0.2) is 18.9 Å². The van der Waals surface area contributed by atoms with Crippen molar-refractivity contribution in [2.45, 2.75) is 106 Å². The molecule has 3 fully saturated rings. The van der Waals surface area contributed by atoms with E-state index in [9.17, 15) is 50.8 Å². The number of amides is 1. The Hall–Kier alpha value is -1.09. The predicted octanol–water partition coefficient (Wildman–Crippen LogP) is -6.40. The van der Waals surface area contributed by atoms with Gasteiger partial charge in [0.1, 0.15) is 67.1 Å². The predicted molar refractivity (Wildman–Crippen MR) is 111 cm³/mol. The van der Waals surface area contributed by atoms with Gasteiger partial charge in [0.2, 0.25) is 5.91 Å². The molecule has 36 heavy (non-hydrogen) atoms. The number of aliphatic hydroxyl groups is 9. The van der Waals surface area contributed by atoms with Gasteiger partial charge < -0.3 is 75.0 Å². The number of carbonyl (C=O) groups is 1. The van der Waals surface area contributed by atoms with Crippen molar-refractivity contribution in [3.63, 3.8) is 0 Å². The van der Waals surface area contributed by atoms with Crippen LogP contribution in [0.4, 0.5) is 0 Å². The molecule has 16 heteroatoms. The highest BCUT2D eigenvalue weighted by Gasteiger charge is 2.53. The number of nitrogens with one attached hydrogen (secondary N) is 1. The van der Waals surface area contributed by atoms with E-state index in [0.29, 0.717) is 0 Å². The Labute approximate surface area is 205 Å². The fourth-order valence-corrected chi connectivity index (χ4v) is 4.38. The molecule has 3 saturated heterocycles. The van der Waals surface area contributed by atoms with Crippen LogP contribution in [0.25, 0.3) is 0 Å². The van der Waals surface area contributed by atoms with Gasteiger partial charge in [-0.1, -0.05) is 0 Å². The second kappa shape index (κ2) is 12.2. The van der Waals surface area contributed by atoms with Crippen molar-refractivity contribution < 1.29 is 74.4 Å². The summed E-state index contributed by atoms with van der Waals surface area (Å²) in [6, 6.07) is -1.41. The number of hydrogen-bond acceptors (Lipinski definition) is 15.